The van der Waals surface area contributed by atoms with Crippen molar-refractivity contribution in [3.63, 3.8) is 0 Å². The van der Waals surface area contributed by atoms with Crippen molar-refractivity contribution >= 4 is 0 Å². The van der Waals surface area contributed by atoms with Crippen LogP contribution >= 0.6 is 0 Å². The molecule has 112 valence electrons. The van der Waals surface area contributed by atoms with Crippen molar-refractivity contribution in [1.82, 2.24) is 5.32 Å². The van der Waals surface area contributed by atoms with Crippen LogP contribution in [0.1, 0.15) is 43.7 Å². The van der Waals surface area contributed by atoms with Crippen LogP contribution in [0.15, 0.2) is 60.7 Å². The van der Waals surface area contributed by atoms with E-state index in [0.29, 0.717) is 12.0 Å². The summed E-state index contributed by atoms with van der Waals surface area (Å²) in [6.45, 7) is 5.57. The van der Waals surface area contributed by atoms with Gasteiger partial charge in [0.2, 0.25) is 0 Å². The minimum absolute atomic E-state index is 0.557. The van der Waals surface area contributed by atoms with Gasteiger partial charge in [-0.05, 0) is 42.9 Å². The first-order chi connectivity index (χ1) is 10.3. The predicted molar refractivity (Wildman–Crippen MR) is 91.7 cm³/mol. The summed E-state index contributed by atoms with van der Waals surface area (Å²) >= 11 is 0. The fraction of sp³-hybridized carbons (Fsp3) is 0.400. The highest BCUT2D eigenvalue weighted by molar-refractivity contribution is 5.20. The smallest absolute Gasteiger partial charge is 0.0133 e. The van der Waals surface area contributed by atoms with Crippen molar-refractivity contribution in [2.75, 3.05) is 6.54 Å². The molecular formula is C20H27N. The highest BCUT2D eigenvalue weighted by atomic mass is 14.9. The van der Waals surface area contributed by atoms with E-state index in [9.17, 15) is 0 Å². The molecule has 0 saturated heterocycles. The van der Waals surface area contributed by atoms with Crippen LogP contribution < -0.4 is 5.32 Å². The molecule has 0 saturated carbocycles. The Morgan fingerprint density at radius 1 is 0.905 bits per heavy atom. The molecule has 2 aromatic carbocycles. The van der Waals surface area contributed by atoms with Gasteiger partial charge in [0, 0.05) is 6.04 Å². The summed E-state index contributed by atoms with van der Waals surface area (Å²) in [5.41, 5.74) is 2.88. The van der Waals surface area contributed by atoms with E-state index in [0.717, 1.165) is 6.54 Å². The highest BCUT2D eigenvalue weighted by Crippen LogP contribution is 2.22. The molecule has 0 spiro atoms. The zero-order valence-electron chi connectivity index (χ0n) is 13.3. The van der Waals surface area contributed by atoms with Gasteiger partial charge in [-0.2, -0.15) is 0 Å². The fourth-order valence-corrected chi connectivity index (χ4v) is 2.95. The maximum absolute atomic E-state index is 3.67. The van der Waals surface area contributed by atoms with Crippen molar-refractivity contribution in [3.05, 3.63) is 71.8 Å². The summed E-state index contributed by atoms with van der Waals surface area (Å²) in [6, 6.07) is 22.2. The summed E-state index contributed by atoms with van der Waals surface area (Å²) in [5.74, 6) is 0.557. The molecule has 0 bridgehead atoms. The number of benzene rings is 2. The third-order valence-corrected chi connectivity index (χ3v) is 4.22. The number of nitrogens with one attached hydrogen (secondary N) is 1. The molecule has 0 fully saturated rings. The topological polar surface area (TPSA) is 12.0 Å². The van der Waals surface area contributed by atoms with Crippen LogP contribution in [0.3, 0.4) is 0 Å². The van der Waals surface area contributed by atoms with Crippen LogP contribution in [0.5, 0.6) is 0 Å². The Balaban J connectivity index is 1.89. The zero-order valence-corrected chi connectivity index (χ0v) is 13.3. The highest BCUT2D eigenvalue weighted by Gasteiger charge is 2.17. The van der Waals surface area contributed by atoms with Crippen LogP contribution in [0, 0.1) is 0 Å². The SMILES string of the molecule is CCNC(CCCc1ccccc1)C(C)c1ccccc1. The average Bonchev–Trinajstić information content (AvgIpc) is 2.55. The minimum Gasteiger partial charge on any atom is -0.314 e. The van der Waals surface area contributed by atoms with E-state index in [1.54, 1.807) is 0 Å². The van der Waals surface area contributed by atoms with E-state index < -0.39 is 0 Å². The van der Waals surface area contributed by atoms with E-state index in [1.165, 1.54) is 30.4 Å². The first kappa shape index (κ1) is 15.8. The summed E-state index contributed by atoms with van der Waals surface area (Å²) in [6.07, 6.45) is 3.63. The molecule has 21 heavy (non-hydrogen) atoms. The summed E-state index contributed by atoms with van der Waals surface area (Å²) in [5, 5.41) is 3.67. The predicted octanol–water partition coefficient (Wildman–Crippen LogP) is 4.79. The average molecular weight is 281 g/mol. The Hall–Kier alpha value is -1.60. The molecule has 0 amide bonds. The van der Waals surface area contributed by atoms with Gasteiger partial charge >= 0.3 is 0 Å². The van der Waals surface area contributed by atoms with Crippen molar-refractivity contribution in [1.29, 1.82) is 0 Å². The van der Waals surface area contributed by atoms with Crippen molar-refractivity contribution < 1.29 is 0 Å². The second-order valence-electron chi connectivity index (χ2n) is 5.74. The van der Waals surface area contributed by atoms with Crippen LogP contribution in [0.4, 0.5) is 0 Å². The zero-order chi connectivity index (χ0) is 14.9. The third-order valence-electron chi connectivity index (χ3n) is 4.22. The van der Waals surface area contributed by atoms with Gasteiger partial charge in [0.05, 0.1) is 0 Å². The molecule has 0 aromatic heterocycles. The van der Waals surface area contributed by atoms with Crippen LogP contribution in [-0.2, 0) is 6.42 Å². The molecule has 0 heterocycles. The van der Waals surface area contributed by atoms with Gasteiger partial charge in [-0.25, -0.2) is 0 Å². The molecule has 0 aliphatic heterocycles. The van der Waals surface area contributed by atoms with E-state index in [4.69, 9.17) is 0 Å². The van der Waals surface area contributed by atoms with Crippen molar-refractivity contribution in [3.8, 4) is 0 Å². The normalized spacial score (nSPS) is 13.8. The Kier molecular flexibility index (Phi) is 6.49. The van der Waals surface area contributed by atoms with Gasteiger partial charge in [0.25, 0.3) is 0 Å². The Labute approximate surface area is 129 Å². The Bertz CT molecular complexity index is 492. The van der Waals surface area contributed by atoms with E-state index >= 15 is 0 Å². The van der Waals surface area contributed by atoms with E-state index in [1.807, 2.05) is 0 Å². The van der Waals surface area contributed by atoms with Gasteiger partial charge in [-0.15, -0.1) is 0 Å². The second-order valence-corrected chi connectivity index (χ2v) is 5.74. The molecule has 1 N–H and O–H groups in total. The lowest BCUT2D eigenvalue weighted by Crippen LogP contribution is -2.33. The van der Waals surface area contributed by atoms with Crippen LogP contribution in [-0.4, -0.2) is 12.6 Å². The van der Waals surface area contributed by atoms with Gasteiger partial charge < -0.3 is 5.32 Å². The van der Waals surface area contributed by atoms with E-state index in [2.05, 4.69) is 79.8 Å². The molecular weight excluding hydrogens is 254 g/mol. The van der Waals surface area contributed by atoms with Crippen molar-refractivity contribution in [2.45, 2.75) is 45.1 Å². The number of rotatable bonds is 8. The Morgan fingerprint density at radius 3 is 2.14 bits per heavy atom. The van der Waals surface area contributed by atoms with Crippen molar-refractivity contribution in [2.24, 2.45) is 0 Å². The lowest BCUT2D eigenvalue weighted by atomic mass is 9.89. The molecule has 1 nitrogen and oxygen atoms in total. The minimum atomic E-state index is 0.557. The molecule has 2 atom stereocenters. The number of aryl methyl sites for hydroxylation is 1. The number of hydrogen-bond donors (Lipinski definition) is 1. The van der Waals surface area contributed by atoms with Gasteiger partial charge in [-0.3, -0.25) is 0 Å². The number of hydrogen-bond acceptors (Lipinski definition) is 1. The summed E-state index contributed by atoms with van der Waals surface area (Å²) < 4.78 is 0. The molecule has 0 radical (unpaired) electrons. The lowest BCUT2D eigenvalue weighted by Gasteiger charge is -2.25. The first-order valence-corrected chi connectivity index (χ1v) is 8.13. The molecule has 1 heteroatoms. The number of likely N-dealkylation sites (N-methyl/N-ethyl adjacent to an activating group) is 1. The van der Waals surface area contributed by atoms with Crippen LogP contribution in [0.25, 0.3) is 0 Å². The fourth-order valence-electron chi connectivity index (χ4n) is 2.95. The Morgan fingerprint density at radius 2 is 1.52 bits per heavy atom. The quantitative estimate of drug-likeness (QED) is 0.733. The molecule has 2 unspecified atom stereocenters. The first-order valence-electron chi connectivity index (χ1n) is 8.13. The van der Waals surface area contributed by atoms with Crippen LogP contribution in [0.2, 0.25) is 0 Å². The van der Waals surface area contributed by atoms with Gasteiger partial charge in [0.15, 0.2) is 0 Å². The summed E-state index contributed by atoms with van der Waals surface area (Å²) in [7, 11) is 0. The molecule has 0 aliphatic rings. The lowest BCUT2D eigenvalue weighted by molar-refractivity contribution is 0.423. The van der Waals surface area contributed by atoms with Gasteiger partial charge in [-0.1, -0.05) is 74.5 Å². The van der Waals surface area contributed by atoms with E-state index in [-0.39, 0.29) is 0 Å². The molecule has 2 rings (SSSR count). The largest absolute Gasteiger partial charge is 0.314 e. The second kappa shape index (κ2) is 8.63. The standard InChI is InChI=1S/C20H27N/c1-3-21-20(17(2)19-14-8-5-9-15-19)16-10-13-18-11-6-4-7-12-18/h4-9,11-12,14-15,17,20-21H,3,10,13,16H2,1-2H3. The third kappa shape index (κ3) is 5.02. The molecule has 0 aliphatic carbocycles. The monoisotopic (exact) mass is 281 g/mol. The maximum atomic E-state index is 3.67. The molecule has 2 aromatic rings. The maximum Gasteiger partial charge on any atom is 0.0133 e. The summed E-state index contributed by atoms with van der Waals surface area (Å²) in [4.78, 5) is 0. The van der Waals surface area contributed by atoms with Gasteiger partial charge in [0.1, 0.15) is 0 Å².